The largest absolute Gasteiger partial charge is 0.554 e. The molecule has 0 aromatic heterocycles. The summed E-state index contributed by atoms with van der Waals surface area (Å²) >= 11 is 0. The summed E-state index contributed by atoms with van der Waals surface area (Å²) in [5.41, 5.74) is 14.8. The van der Waals surface area contributed by atoms with Crippen molar-refractivity contribution in [3.63, 3.8) is 0 Å². The molecule has 174 valence electrons. The number of rotatable bonds is 4. The fourth-order valence-corrected chi connectivity index (χ4v) is 4.39. The summed E-state index contributed by atoms with van der Waals surface area (Å²) < 4.78 is 6.37. The minimum atomic E-state index is 0.182. The number of fused-ring (bicyclic) bond motifs is 2. The average Bonchev–Trinajstić information content (AvgIpc) is 3.21. The van der Waals surface area contributed by atoms with Crippen LogP contribution in [0.2, 0.25) is 0 Å². The summed E-state index contributed by atoms with van der Waals surface area (Å²) in [6.45, 7) is 15.5. The van der Waals surface area contributed by atoms with E-state index in [0.717, 1.165) is 29.2 Å². The van der Waals surface area contributed by atoms with Crippen molar-refractivity contribution >= 4 is 12.5 Å². The van der Waals surface area contributed by atoms with Crippen LogP contribution in [0, 0.1) is 5.92 Å². The number of nitrogens with two attached hydrogens (primary N) is 2. The average molecular weight is 427 g/mol. The summed E-state index contributed by atoms with van der Waals surface area (Å²) in [7, 11) is 0. The number of benzene rings is 1. The number of hydrogen-bond acceptors (Lipinski definition) is 4. The fourth-order valence-electron chi connectivity index (χ4n) is 4.39. The highest BCUT2D eigenvalue weighted by Gasteiger charge is 2.39. The van der Waals surface area contributed by atoms with E-state index in [0.29, 0.717) is 19.0 Å². The van der Waals surface area contributed by atoms with E-state index in [9.17, 15) is 0 Å². The molecule has 4 rings (SSSR count). The summed E-state index contributed by atoms with van der Waals surface area (Å²) in [5.74, 6) is 4.67. The Kier molecular flexibility index (Phi) is 13.3. The Morgan fingerprint density at radius 3 is 2.32 bits per heavy atom. The lowest BCUT2D eigenvalue weighted by Gasteiger charge is -2.29. The first-order valence-corrected chi connectivity index (χ1v) is 12.4. The van der Waals surface area contributed by atoms with Crippen molar-refractivity contribution in [1.29, 1.82) is 0 Å². The van der Waals surface area contributed by atoms with Crippen LogP contribution < -0.4 is 21.4 Å². The van der Waals surface area contributed by atoms with E-state index < -0.39 is 0 Å². The van der Waals surface area contributed by atoms with Crippen LogP contribution in [0.3, 0.4) is 0 Å². The van der Waals surface area contributed by atoms with E-state index in [1.165, 1.54) is 49.8 Å². The molecule has 1 saturated carbocycles. The van der Waals surface area contributed by atoms with Crippen molar-refractivity contribution in [2.24, 2.45) is 17.4 Å². The molecule has 31 heavy (non-hydrogen) atoms. The van der Waals surface area contributed by atoms with Gasteiger partial charge in [0.1, 0.15) is 5.75 Å². The molecular weight excluding hydrogens is 381 g/mol. The van der Waals surface area contributed by atoms with Gasteiger partial charge in [-0.2, -0.15) is 0 Å². The first-order valence-electron chi connectivity index (χ1n) is 12.4. The predicted molar refractivity (Wildman–Crippen MR) is 138 cm³/mol. The Labute approximate surface area is 192 Å². The van der Waals surface area contributed by atoms with Crippen molar-refractivity contribution in [2.45, 2.75) is 85.5 Å². The van der Waals surface area contributed by atoms with Gasteiger partial charge in [0.05, 0.1) is 5.94 Å². The molecule has 0 amide bonds. The summed E-state index contributed by atoms with van der Waals surface area (Å²) in [5, 5.41) is 3.74. The van der Waals surface area contributed by atoms with Crippen LogP contribution in [0.25, 0.3) is 5.57 Å². The molecule has 1 unspecified atom stereocenters. The first kappa shape index (κ1) is 27.3. The summed E-state index contributed by atoms with van der Waals surface area (Å²) in [4.78, 5) is 0. The van der Waals surface area contributed by atoms with E-state index in [2.05, 4.69) is 43.0 Å². The monoisotopic (exact) mass is 427 g/mol. The van der Waals surface area contributed by atoms with Crippen molar-refractivity contribution in [3.05, 3.63) is 47.6 Å². The van der Waals surface area contributed by atoms with Crippen LogP contribution in [0.15, 0.2) is 36.5 Å². The molecule has 3 aliphatic rings. The molecule has 1 aliphatic carbocycles. The van der Waals surface area contributed by atoms with Crippen LogP contribution in [-0.2, 0) is 6.42 Å². The topological polar surface area (TPSA) is 73.3 Å². The zero-order chi connectivity index (χ0) is 23.2. The van der Waals surface area contributed by atoms with E-state index in [1.807, 2.05) is 27.7 Å². The summed E-state index contributed by atoms with van der Waals surface area (Å²) in [6.07, 6.45) is 9.30. The van der Waals surface area contributed by atoms with Gasteiger partial charge >= 0.3 is 6.92 Å². The molecule has 0 saturated heterocycles. The standard InChI is InChI=1S/C20H26BNO.C2H8N2.2C2H6/c1-14(2)18-10-6-9-16-12-19-21(23-20(16)18)13-17(22-19)11-15-7-4-3-5-8-15;3-1-2-4;2*1-2/h6,9-10,13,15,19,22H,1,3-5,7-8,11-12H2,2H3;1-4H2;2*1-2H3. The van der Waals surface area contributed by atoms with Gasteiger partial charge < -0.3 is 21.4 Å². The fraction of sp³-hybridized carbons (Fsp3) is 0.615. The molecule has 2 aliphatic heterocycles. The highest BCUT2D eigenvalue weighted by molar-refractivity contribution is 6.61. The zero-order valence-electron chi connectivity index (χ0n) is 20.7. The van der Waals surface area contributed by atoms with E-state index >= 15 is 0 Å². The van der Waals surface area contributed by atoms with Gasteiger partial charge in [-0.05, 0) is 36.8 Å². The lowest BCUT2D eigenvalue weighted by atomic mass is 9.58. The number of nitrogens with one attached hydrogen (secondary N) is 1. The second-order valence-corrected chi connectivity index (χ2v) is 8.09. The van der Waals surface area contributed by atoms with Crippen molar-refractivity contribution in [3.8, 4) is 5.75 Å². The third kappa shape index (κ3) is 8.05. The maximum absolute atomic E-state index is 6.37. The number of hydrogen-bond donors (Lipinski definition) is 3. The van der Waals surface area contributed by atoms with Gasteiger partial charge in [0.15, 0.2) is 0 Å². The third-order valence-electron chi connectivity index (χ3n) is 5.78. The maximum atomic E-state index is 6.37. The smallest absolute Gasteiger partial charge is 0.409 e. The molecule has 1 aromatic carbocycles. The minimum Gasteiger partial charge on any atom is -0.554 e. The molecule has 0 radical (unpaired) electrons. The quantitative estimate of drug-likeness (QED) is 0.554. The lowest BCUT2D eigenvalue weighted by molar-refractivity contribution is 0.350. The van der Waals surface area contributed by atoms with Crippen LogP contribution in [0.4, 0.5) is 0 Å². The molecule has 2 heterocycles. The van der Waals surface area contributed by atoms with Gasteiger partial charge in [-0.3, -0.25) is 0 Å². The highest BCUT2D eigenvalue weighted by Crippen LogP contribution is 2.37. The minimum absolute atomic E-state index is 0.182. The van der Waals surface area contributed by atoms with Crippen LogP contribution >= 0.6 is 0 Å². The molecule has 1 fully saturated rings. The molecule has 5 N–H and O–H groups in total. The molecule has 0 spiro atoms. The summed E-state index contributed by atoms with van der Waals surface area (Å²) in [6, 6.07) is 6.44. The van der Waals surface area contributed by atoms with E-state index in [-0.39, 0.29) is 6.92 Å². The normalized spacial score (nSPS) is 18.7. The molecule has 5 heteroatoms. The van der Waals surface area contributed by atoms with Gasteiger partial charge in [-0.1, -0.05) is 90.6 Å². The molecule has 0 bridgehead atoms. The zero-order valence-corrected chi connectivity index (χ0v) is 20.7. The Balaban J connectivity index is 0.000000532. The van der Waals surface area contributed by atoms with Crippen molar-refractivity contribution in [1.82, 2.24) is 5.32 Å². The molecule has 1 aromatic rings. The van der Waals surface area contributed by atoms with Gasteiger partial charge in [-0.15, -0.1) is 0 Å². The van der Waals surface area contributed by atoms with Gasteiger partial charge in [0, 0.05) is 24.4 Å². The van der Waals surface area contributed by atoms with Crippen LogP contribution in [0.5, 0.6) is 5.75 Å². The van der Waals surface area contributed by atoms with E-state index in [4.69, 9.17) is 16.1 Å². The van der Waals surface area contributed by atoms with Gasteiger partial charge in [-0.25, -0.2) is 0 Å². The maximum Gasteiger partial charge on any atom is 0.409 e. The van der Waals surface area contributed by atoms with Gasteiger partial charge in [0.2, 0.25) is 0 Å². The molecule has 4 nitrogen and oxygen atoms in total. The van der Waals surface area contributed by atoms with Crippen molar-refractivity contribution < 1.29 is 4.65 Å². The van der Waals surface area contributed by atoms with Crippen molar-refractivity contribution in [2.75, 3.05) is 13.1 Å². The van der Waals surface area contributed by atoms with Crippen LogP contribution in [-0.4, -0.2) is 25.9 Å². The highest BCUT2D eigenvalue weighted by atomic mass is 16.4. The van der Waals surface area contributed by atoms with E-state index in [1.54, 1.807) is 0 Å². The predicted octanol–water partition coefficient (Wildman–Crippen LogP) is 5.51. The lowest BCUT2D eigenvalue weighted by Crippen LogP contribution is -2.44. The van der Waals surface area contributed by atoms with Crippen LogP contribution in [0.1, 0.15) is 84.3 Å². The Morgan fingerprint density at radius 1 is 1.10 bits per heavy atom. The second kappa shape index (κ2) is 15.1. The SMILES string of the molecule is C=C(C)c1cccc2c1OB1C=C(CC3CCCCC3)NC1C2.CC.CC.NCCN. The Hall–Kier alpha value is -1.72. The number of allylic oxidation sites excluding steroid dienone is 2. The second-order valence-electron chi connectivity index (χ2n) is 8.09. The third-order valence-corrected chi connectivity index (χ3v) is 5.78. The Bertz CT molecular complexity index is 681. The Morgan fingerprint density at radius 2 is 1.74 bits per heavy atom. The molecule has 1 atom stereocenters. The van der Waals surface area contributed by atoms with Gasteiger partial charge in [0.25, 0.3) is 0 Å². The molecular formula is C26H46BN3O. The number of para-hydroxylation sites is 1. The first-order chi connectivity index (χ1) is 15.1.